The highest BCUT2D eigenvalue weighted by atomic mass is 19.3. The minimum atomic E-state index is -2.56. The first-order chi connectivity index (χ1) is 14.0. The third kappa shape index (κ3) is 5.10. The maximum absolute atomic E-state index is 12.8. The van der Waals surface area contributed by atoms with Crippen LogP contribution in [0, 0.1) is 5.92 Å². The fraction of sp³-hybridized carbons (Fsp3) is 0.364. The van der Waals surface area contributed by atoms with Crippen molar-refractivity contribution in [3.05, 3.63) is 54.1 Å². The number of amides is 2. The molecule has 2 aromatic carbocycles. The predicted molar refractivity (Wildman–Crippen MR) is 106 cm³/mol. The van der Waals surface area contributed by atoms with E-state index in [1.807, 2.05) is 36.4 Å². The molecule has 2 amide bonds. The van der Waals surface area contributed by atoms with E-state index in [1.165, 1.54) is 0 Å². The monoisotopic (exact) mass is 402 g/mol. The number of methoxy groups -OCH3 is 1. The van der Waals surface area contributed by atoms with Gasteiger partial charge in [-0.25, -0.2) is 8.78 Å². The highest BCUT2D eigenvalue weighted by Gasteiger charge is 2.28. The van der Waals surface area contributed by atoms with Crippen LogP contribution in [0.5, 0.6) is 5.75 Å². The van der Waals surface area contributed by atoms with Crippen LogP contribution in [-0.2, 0) is 4.79 Å². The van der Waals surface area contributed by atoms with Gasteiger partial charge in [-0.2, -0.15) is 0 Å². The molecule has 1 aliphatic rings. The van der Waals surface area contributed by atoms with Crippen molar-refractivity contribution in [2.75, 3.05) is 26.7 Å². The Morgan fingerprint density at radius 2 is 1.76 bits per heavy atom. The first-order valence-corrected chi connectivity index (χ1v) is 9.58. The van der Waals surface area contributed by atoms with Crippen LogP contribution in [0.2, 0.25) is 0 Å². The summed E-state index contributed by atoms with van der Waals surface area (Å²) in [6.45, 7) is 0.232. The van der Waals surface area contributed by atoms with Gasteiger partial charge in [-0.1, -0.05) is 30.3 Å². The van der Waals surface area contributed by atoms with E-state index in [4.69, 9.17) is 4.74 Å². The number of piperidine rings is 1. The smallest absolute Gasteiger partial charge is 0.255 e. The van der Waals surface area contributed by atoms with Gasteiger partial charge < -0.3 is 15.0 Å². The number of nitrogens with one attached hydrogen (secondary N) is 1. The molecular weight excluding hydrogens is 378 g/mol. The summed E-state index contributed by atoms with van der Waals surface area (Å²) in [5.74, 6) is -0.0222. The second-order valence-electron chi connectivity index (χ2n) is 6.98. The molecule has 3 rings (SSSR count). The van der Waals surface area contributed by atoms with Gasteiger partial charge in [0.05, 0.1) is 13.7 Å². The van der Waals surface area contributed by atoms with E-state index < -0.39 is 13.0 Å². The van der Waals surface area contributed by atoms with Gasteiger partial charge in [0.2, 0.25) is 5.91 Å². The lowest BCUT2D eigenvalue weighted by Crippen LogP contribution is -2.43. The van der Waals surface area contributed by atoms with Crippen LogP contribution in [0.4, 0.5) is 8.78 Å². The van der Waals surface area contributed by atoms with Crippen molar-refractivity contribution < 1.29 is 23.1 Å². The number of nitrogens with zero attached hydrogens (tertiary/aromatic N) is 1. The van der Waals surface area contributed by atoms with Gasteiger partial charge in [0.25, 0.3) is 12.3 Å². The zero-order valence-electron chi connectivity index (χ0n) is 16.2. The summed E-state index contributed by atoms with van der Waals surface area (Å²) in [5.41, 5.74) is 2.47. The average Bonchev–Trinajstić information content (AvgIpc) is 2.77. The fourth-order valence-electron chi connectivity index (χ4n) is 3.52. The van der Waals surface area contributed by atoms with Crippen LogP contribution >= 0.6 is 0 Å². The molecule has 154 valence electrons. The number of carbonyl (C=O) groups is 2. The number of rotatable bonds is 6. The Balaban J connectivity index is 1.60. The molecule has 0 unspecified atom stereocenters. The zero-order valence-corrected chi connectivity index (χ0v) is 16.2. The van der Waals surface area contributed by atoms with Crippen molar-refractivity contribution in [1.29, 1.82) is 0 Å². The van der Waals surface area contributed by atoms with E-state index in [9.17, 15) is 18.4 Å². The molecule has 1 fully saturated rings. The number of ether oxygens (including phenoxy) is 1. The Bertz CT molecular complexity index is 847. The first kappa shape index (κ1) is 20.8. The fourth-order valence-corrected chi connectivity index (χ4v) is 3.52. The van der Waals surface area contributed by atoms with Gasteiger partial charge in [0.1, 0.15) is 5.75 Å². The van der Waals surface area contributed by atoms with E-state index in [-0.39, 0.29) is 17.7 Å². The summed E-state index contributed by atoms with van der Waals surface area (Å²) in [6, 6.07) is 15.0. The molecule has 1 heterocycles. The number of carbonyl (C=O) groups excluding carboxylic acids is 2. The summed E-state index contributed by atoms with van der Waals surface area (Å²) < 4.78 is 29.8. The molecule has 0 aromatic heterocycles. The third-order valence-corrected chi connectivity index (χ3v) is 5.13. The van der Waals surface area contributed by atoms with Crippen LogP contribution in [0.3, 0.4) is 0 Å². The Hall–Kier alpha value is -2.96. The van der Waals surface area contributed by atoms with E-state index >= 15 is 0 Å². The Labute approximate surface area is 168 Å². The molecular formula is C22H24F2N2O3. The SMILES string of the molecule is COc1ccccc1-c1ccc(C(=O)N2CCC(C(=O)NCC(F)F)CC2)cc1. The number of likely N-dealkylation sites (tertiary alicyclic amines) is 1. The molecule has 0 spiro atoms. The molecule has 0 radical (unpaired) electrons. The van der Waals surface area contributed by atoms with Crippen molar-refractivity contribution in [2.24, 2.45) is 5.92 Å². The van der Waals surface area contributed by atoms with Gasteiger partial charge in [0.15, 0.2) is 0 Å². The van der Waals surface area contributed by atoms with Gasteiger partial charge in [-0.05, 0) is 36.6 Å². The normalized spacial score (nSPS) is 14.7. The molecule has 1 N–H and O–H groups in total. The van der Waals surface area contributed by atoms with Crippen LogP contribution in [0.1, 0.15) is 23.2 Å². The number of hydrogen-bond donors (Lipinski definition) is 1. The summed E-state index contributed by atoms with van der Waals surface area (Å²) >= 11 is 0. The minimum Gasteiger partial charge on any atom is -0.496 e. The molecule has 5 nitrogen and oxygen atoms in total. The lowest BCUT2D eigenvalue weighted by atomic mass is 9.95. The van der Waals surface area contributed by atoms with Crippen LogP contribution in [-0.4, -0.2) is 49.9 Å². The van der Waals surface area contributed by atoms with Crippen LogP contribution in [0.15, 0.2) is 48.5 Å². The number of benzene rings is 2. The Kier molecular flexibility index (Phi) is 6.80. The van der Waals surface area contributed by atoms with Crippen molar-refractivity contribution in [2.45, 2.75) is 19.3 Å². The Morgan fingerprint density at radius 1 is 1.10 bits per heavy atom. The second kappa shape index (κ2) is 9.49. The highest BCUT2D eigenvalue weighted by Crippen LogP contribution is 2.30. The van der Waals surface area contributed by atoms with E-state index in [1.54, 1.807) is 24.1 Å². The standard InChI is InChI=1S/C22H24F2N2O3/c1-29-19-5-3-2-4-18(19)15-6-8-17(9-7-15)22(28)26-12-10-16(11-13-26)21(27)25-14-20(23)24/h2-9,16,20H,10-14H2,1H3,(H,25,27). The molecule has 7 heteroatoms. The number of alkyl halides is 2. The summed E-state index contributed by atoms with van der Waals surface area (Å²) in [4.78, 5) is 26.4. The number of para-hydroxylation sites is 1. The van der Waals surface area contributed by atoms with E-state index in [0.29, 0.717) is 31.5 Å². The minimum absolute atomic E-state index is 0.0944. The second-order valence-corrected chi connectivity index (χ2v) is 6.98. The van der Waals surface area contributed by atoms with Crippen molar-refractivity contribution in [1.82, 2.24) is 10.2 Å². The molecule has 0 atom stereocenters. The van der Waals surface area contributed by atoms with Crippen molar-refractivity contribution in [3.8, 4) is 16.9 Å². The topological polar surface area (TPSA) is 58.6 Å². The largest absolute Gasteiger partial charge is 0.496 e. The Morgan fingerprint density at radius 3 is 2.38 bits per heavy atom. The van der Waals surface area contributed by atoms with Gasteiger partial charge in [-0.15, -0.1) is 0 Å². The van der Waals surface area contributed by atoms with E-state index in [2.05, 4.69) is 5.32 Å². The molecule has 2 aromatic rings. The van der Waals surface area contributed by atoms with Crippen molar-refractivity contribution in [3.63, 3.8) is 0 Å². The third-order valence-electron chi connectivity index (χ3n) is 5.13. The maximum atomic E-state index is 12.8. The van der Waals surface area contributed by atoms with Gasteiger partial charge in [0, 0.05) is 30.1 Å². The number of halogens is 2. The molecule has 0 saturated carbocycles. The molecule has 1 aliphatic heterocycles. The summed E-state index contributed by atoms with van der Waals surface area (Å²) in [6.07, 6.45) is -1.61. The van der Waals surface area contributed by atoms with Gasteiger partial charge in [-0.3, -0.25) is 9.59 Å². The zero-order chi connectivity index (χ0) is 20.8. The van der Waals surface area contributed by atoms with Crippen LogP contribution < -0.4 is 10.1 Å². The maximum Gasteiger partial charge on any atom is 0.255 e. The molecule has 0 bridgehead atoms. The lowest BCUT2D eigenvalue weighted by molar-refractivity contribution is -0.126. The predicted octanol–water partition coefficient (Wildman–Crippen LogP) is 3.60. The number of hydrogen-bond acceptors (Lipinski definition) is 3. The van der Waals surface area contributed by atoms with Crippen LogP contribution in [0.25, 0.3) is 11.1 Å². The quantitative estimate of drug-likeness (QED) is 0.803. The van der Waals surface area contributed by atoms with Gasteiger partial charge >= 0.3 is 0 Å². The summed E-state index contributed by atoms with van der Waals surface area (Å²) in [5, 5.41) is 2.26. The summed E-state index contributed by atoms with van der Waals surface area (Å²) in [7, 11) is 1.62. The molecule has 1 saturated heterocycles. The van der Waals surface area contributed by atoms with E-state index in [0.717, 1.165) is 16.9 Å². The first-order valence-electron chi connectivity index (χ1n) is 9.58. The average molecular weight is 402 g/mol. The molecule has 0 aliphatic carbocycles. The lowest BCUT2D eigenvalue weighted by Gasteiger charge is -2.31. The molecule has 29 heavy (non-hydrogen) atoms. The highest BCUT2D eigenvalue weighted by molar-refractivity contribution is 5.95. The van der Waals surface area contributed by atoms with Crippen molar-refractivity contribution >= 4 is 11.8 Å².